The van der Waals surface area contributed by atoms with Gasteiger partial charge >= 0.3 is 0 Å². The molecule has 2 aromatic heterocycles. The minimum Gasteiger partial charge on any atom is -0.304 e. The monoisotopic (exact) mass is 658 g/mol. The van der Waals surface area contributed by atoms with Crippen LogP contribution in [-0.4, -0.2) is 32.1 Å². The first-order chi connectivity index (χ1) is 22.0. The van der Waals surface area contributed by atoms with Gasteiger partial charge in [-0.15, -0.1) is 0 Å². The second-order valence-electron chi connectivity index (χ2n) is 11.0. The molecule has 236 valence electrons. The summed E-state index contributed by atoms with van der Waals surface area (Å²) in [5.74, 6) is -0.774. The van der Waals surface area contributed by atoms with Crippen LogP contribution in [0.15, 0.2) is 108 Å². The normalized spacial score (nSPS) is 23.8. The smallest absolute Gasteiger partial charge is 0.246 e. The standard InChI is InChI=1S/2C17H16FN3OS/c2*1-11(12-5-7-14(18)8-6-12)20-16-21-15(22)17(2,23-16)13-4-3-9-19-10-13/h2*3-11H,1-2H3,(H,20,21,22)/t11-,17+;11-,17-/m11/s1. The average molecular weight is 659 g/mol. The molecule has 0 spiro atoms. The number of amides is 2. The van der Waals surface area contributed by atoms with Crippen LogP contribution in [0, 0.1) is 11.6 Å². The highest BCUT2D eigenvalue weighted by Gasteiger charge is 2.45. The summed E-state index contributed by atoms with van der Waals surface area (Å²) < 4.78 is 24.5. The number of benzene rings is 2. The molecule has 2 amide bonds. The van der Waals surface area contributed by atoms with Crippen LogP contribution in [0.2, 0.25) is 0 Å². The van der Waals surface area contributed by atoms with Crippen molar-refractivity contribution in [1.29, 1.82) is 0 Å². The lowest BCUT2D eigenvalue weighted by atomic mass is 10.0. The van der Waals surface area contributed by atoms with Crippen molar-refractivity contribution in [2.24, 2.45) is 9.98 Å². The summed E-state index contributed by atoms with van der Waals surface area (Å²) in [5.41, 5.74) is 3.46. The van der Waals surface area contributed by atoms with Crippen LogP contribution in [0.1, 0.15) is 62.0 Å². The van der Waals surface area contributed by atoms with Crippen molar-refractivity contribution in [2.75, 3.05) is 0 Å². The Kier molecular flexibility index (Phi) is 9.97. The summed E-state index contributed by atoms with van der Waals surface area (Å²) in [6, 6.07) is 19.5. The van der Waals surface area contributed by atoms with Gasteiger partial charge in [-0.1, -0.05) is 59.9 Å². The molecule has 4 atom stereocenters. The minimum atomic E-state index is -0.740. The number of hydrogen-bond acceptors (Lipinski definition) is 8. The number of halogens is 2. The molecule has 2 aliphatic heterocycles. The number of aromatic nitrogens is 2. The lowest BCUT2D eigenvalue weighted by Gasteiger charge is -2.18. The summed E-state index contributed by atoms with van der Waals surface area (Å²) in [5, 5.41) is 6.79. The van der Waals surface area contributed by atoms with Crippen LogP contribution in [0.5, 0.6) is 0 Å². The molecule has 2 fully saturated rings. The number of carbonyl (C=O) groups is 2. The molecule has 2 N–H and O–H groups in total. The third-order valence-electron chi connectivity index (χ3n) is 7.66. The molecule has 2 aromatic carbocycles. The van der Waals surface area contributed by atoms with Gasteiger partial charge in [0.2, 0.25) is 11.8 Å². The van der Waals surface area contributed by atoms with Gasteiger partial charge in [0, 0.05) is 24.8 Å². The Hall–Kier alpha value is -4.42. The van der Waals surface area contributed by atoms with Gasteiger partial charge in [-0.2, -0.15) is 0 Å². The fourth-order valence-corrected chi connectivity index (χ4v) is 6.98. The van der Waals surface area contributed by atoms with E-state index in [0.29, 0.717) is 10.3 Å². The molecule has 4 aromatic rings. The third-order valence-corrected chi connectivity index (χ3v) is 10.1. The lowest BCUT2D eigenvalue weighted by Crippen LogP contribution is -2.31. The van der Waals surface area contributed by atoms with Gasteiger partial charge in [-0.25, -0.2) is 8.78 Å². The van der Waals surface area contributed by atoms with Crippen molar-refractivity contribution < 1.29 is 18.4 Å². The Morgan fingerprint density at radius 2 is 1.02 bits per heavy atom. The first-order valence-corrected chi connectivity index (χ1v) is 16.1. The quantitative estimate of drug-likeness (QED) is 0.235. The van der Waals surface area contributed by atoms with Crippen molar-refractivity contribution in [3.8, 4) is 0 Å². The van der Waals surface area contributed by atoms with Crippen molar-refractivity contribution in [3.05, 3.63) is 131 Å². The maximum absolute atomic E-state index is 13.0. The summed E-state index contributed by atoms with van der Waals surface area (Å²) in [4.78, 5) is 42.0. The zero-order valence-corrected chi connectivity index (χ0v) is 27.2. The Balaban J connectivity index is 0.000000181. The van der Waals surface area contributed by atoms with Gasteiger partial charge in [0.25, 0.3) is 0 Å². The summed E-state index contributed by atoms with van der Waals surface area (Å²) in [6.45, 7) is 7.53. The van der Waals surface area contributed by atoms with Gasteiger partial charge in [-0.05, 0) is 86.3 Å². The lowest BCUT2D eigenvalue weighted by molar-refractivity contribution is -0.122. The summed E-state index contributed by atoms with van der Waals surface area (Å²) >= 11 is 2.75. The molecular formula is C34H32F2N6O2S2. The summed E-state index contributed by atoms with van der Waals surface area (Å²) in [6.07, 6.45) is 6.74. The van der Waals surface area contributed by atoms with E-state index in [1.807, 2.05) is 52.0 Å². The van der Waals surface area contributed by atoms with E-state index in [4.69, 9.17) is 0 Å². The zero-order valence-electron chi connectivity index (χ0n) is 25.6. The average Bonchev–Trinajstić information content (AvgIpc) is 3.52. The van der Waals surface area contributed by atoms with E-state index in [9.17, 15) is 18.4 Å². The van der Waals surface area contributed by atoms with Crippen molar-refractivity contribution >= 4 is 45.7 Å². The van der Waals surface area contributed by atoms with E-state index in [2.05, 4.69) is 30.6 Å². The Bertz CT molecular complexity index is 1630. The number of aliphatic imine (C=N–C) groups is 2. The molecule has 0 bridgehead atoms. The van der Waals surface area contributed by atoms with E-state index in [1.54, 1.807) is 49.1 Å². The van der Waals surface area contributed by atoms with Gasteiger partial charge in [0.1, 0.15) is 21.1 Å². The number of nitrogens with one attached hydrogen (secondary N) is 2. The van der Waals surface area contributed by atoms with Crippen molar-refractivity contribution in [3.63, 3.8) is 0 Å². The highest BCUT2D eigenvalue weighted by molar-refractivity contribution is 8.16. The predicted octanol–water partition coefficient (Wildman–Crippen LogP) is 6.83. The van der Waals surface area contributed by atoms with E-state index < -0.39 is 9.49 Å². The second-order valence-corrected chi connectivity index (χ2v) is 13.8. The van der Waals surface area contributed by atoms with Crippen LogP contribution in [0.4, 0.5) is 8.78 Å². The molecule has 0 unspecified atom stereocenters. The SMILES string of the molecule is C[C@@H](N=C1NC(=O)[C@@](C)(c2cccnc2)S1)c1ccc(F)cc1.C[C@@H](N=C1NC(=O)[C@](C)(c2cccnc2)S1)c1ccc(F)cc1. The molecule has 4 heterocycles. The van der Waals surface area contributed by atoms with Crippen LogP contribution >= 0.6 is 23.5 Å². The maximum Gasteiger partial charge on any atom is 0.246 e. The van der Waals surface area contributed by atoms with Gasteiger partial charge in [-0.3, -0.25) is 29.5 Å². The van der Waals surface area contributed by atoms with Crippen molar-refractivity contribution in [1.82, 2.24) is 20.6 Å². The fraction of sp³-hybridized carbons (Fsp3) is 0.235. The number of nitrogens with zero attached hydrogens (tertiary/aromatic N) is 4. The van der Waals surface area contributed by atoms with Gasteiger partial charge in [0.15, 0.2) is 10.3 Å². The molecule has 0 aliphatic carbocycles. The van der Waals surface area contributed by atoms with Crippen LogP contribution in [0.3, 0.4) is 0 Å². The largest absolute Gasteiger partial charge is 0.304 e. The number of thioether (sulfide) groups is 2. The van der Waals surface area contributed by atoms with Gasteiger partial charge in [0.05, 0.1) is 12.1 Å². The minimum absolute atomic E-state index is 0.111. The zero-order chi connectivity index (χ0) is 32.9. The molecule has 8 nitrogen and oxygen atoms in total. The number of amidine groups is 2. The number of carbonyl (C=O) groups excluding carboxylic acids is 2. The van der Waals surface area contributed by atoms with E-state index in [1.165, 1.54) is 47.8 Å². The Morgan fingerprint density at radius 3 is 1.35 bits per heavy atom. The molecule has 0 saturated carbocycles. The third kappa shape index (κ3) is 7.34. The highest BCUT2D eigenvalue weighted by Crippen LogP contribution is 2.42. The Labute approximate surface area is 274 Å². The van der Waals surface area contributed by atoms with Crippen LogP contribution in [-0.2, 0) is 19.1 Å². The number of pyridine rings is 2. The van der Waals surface area contributed by atoms with E-state index >= 15 is 0 Å². The molecule has 2 aliphatic rings. The maximum atomic E-state index is 13.0. The molecule has 46 heavy (non-hydrogen) atoms. The molecular weight excluding hydrogens is 627 g/mol. The molecule has 12 heteroatoms. The molecule has 0 radical (unpaired) electrons. The van der Waals surface area contributed by atoms with E-state index in [-0.39, 0.29) is 35.5 Å². The number of rotatable bonds is 6. The highest BCUT2D eigenvalue weighted by atomic mass is 32.2. The first-order valence-electron chi connectivity index (χ1n) is 14.5. The first kappa shape index (κ1) is 33.0. The number of hydrogen-bond donors (Lipinski definition) is 2. The van der Waals surface area contributed by atoms with Crippen molar-refractivity contribution in [2.45, 2.75) is 49.3 Å². The summed E-state index contributed by atoms with van der Waals surface area (Å²) in [7, 11) is 0. The van der Waals surface area contributed by atoms with Gasteiger partial charge < -0.3 is 10.6 Å². The second kappa shape index (κ2) is 13.9. The van der Waals surface area contributed by atoms with Crippen LogP contribution < -0.4 is 10.6 Å². The Morgan fingerprint density at radius 1 is 0.652 bits per heavy atom. The van der Waals surface area contributed by atoms with E-state index in [0.717, 1.165) is 22.3 Å². The molecule has 2 saturated heterocycles. The fourth-order valence-electron chi connectivity index (χ4n) is 4.73. The predicted molar refractivity (Wildman–Crippen MR) is 179 cm³/mol. The van der Waals surface area contributed by atoms with Crippen LogP contribution in [0.25, 0.3) is 0 Å². The topological polar surface area (TPSA) is 109 Å². The molecule has 6 rings (SSSR count).